The molecule has 0 aliphatic heterocycles. The molecule has 19 heavy (non-hydrogen) atoms. The minimum atomic E-state index is -0.746. The van der Waals surface area contributed by atoms with Crippen LogP contribution in [0.25, 0.3) is 0 Å². The minimum absolute atomic E-state index is 0.294. The largest absolute Gasteiger partial charge is 0.388 e. The molecule has 100 valence electrons. The SMILES string of the molecule is Cc1cc(C(O)CSc2ccccc2F)ccc1F. The summed E-state index contributed by atoms with van der Waals surface area (Å²) < 4.78 is 26.5. The van der Waals surface area contributed by atoms with Crippen LogP contribution >= 0.6 is 11.8 Å². The van der Waals surface area contributed by atoms with Gasteiger partial charge in [0.1, 0.15) is 11.6 Å². The second kappa shape index (κ2) is 6.17. The minimum Gasteiger partial charge on any atom is -0.388 e. The van der Waals surface area contributed by atoms with E-state index in [-0.39, 0.29) is 11.6 Å². The van der Waals surface area contributed by atoms with Gasteiger partial charge in [-0.1, -0.05) is 24.3 Å². The average molecular weight is 280 g/mol. The molecular weight excluding hydrogens is 266 g/mol. The summed E-state index contributed by atoms with van der Waals surface area (Å²) in [4.78, 5) is 0.500. The number of halogens is 2. The topological polar surface area (TPSA) is 20.2 Å². The molecule has 0 fully saturated rings. The number of aryl methyl sites for hydroxylation is 1. The van der Waals surface area contributed by atoms with E-state index in [4.69, 9.17) is 0 Å². The zero-order chi connectivity index (χ0) is 13.8. The van der Waals surface area contributed by atoms with E-state index in [1.165, 1.54) is 23.9 Å². The predicted molar refractivity (Wildman–Crippen MR) is 73.2 cm³/mol. The average Bonchev–Trinajstić information content (AvgIpc) is 2.40. The number of thioether (sulfide) groups is 1. The highest BCUT2D eigenvalue weighted by molar-refractivity contribution is 7.99. The van der Waals surface area contributed by atoms with Gasteiger partial charge in [0.25, 0.3) is 0 Å². The number of hydrogen-bond acceptors (Lipinski definition) is 2. The molecule has 2 aromatic carbocycles. The van der Waals surface area contributed by atoms with Crippen molar-refractivity contribution in [3.8, 4) is 0 Å². The van der Waals surface area contributed by atoms with Crippen molar-refractivity contribution < 1.29 is 13.9 Å². The number of aliphatic hydroxyl groups is 1. The fourth-order valence-electron chi connectivity index (χ4n) is 1.70. The zero-order valence-corrected chi connectivity index (χ0v) is 11.3. The van der Waals surface area contributed by atoms with Gasteiger partial charge in [-0.2, -0.15) is 0 Å². The fourth-order valence-corrected chi connectivity index (χ4v) is 2.61. The Labute approximate surface area is 115 Å². The molecule has 1 nitrogen and oxygen atoms in total. The van der Waals surface area contributed by atoms with Gasteiger partial charge < -0.3 is 5.11 Å². The Morgan fingerprint density at radius 3 is 2.53 bits per heavy atom. The molecule has 0 aromatic heterocycles. The first-order valence-corrected chi connectivity index (χ1v) is 6.88. The van der Waals surface area contributed by atoms with Crippen LogP contribution in [0.2, 0.25) is 0 Å². The summed E-state index contributed by atoms with van der Waals surface area (Å²) in [5, 5.41) is 10.0. The van der Waals surface area contributed by atoms with Crippen molar-refractivity contribution in [2.45, 2.75) is 17.9 Å². The Kier molecular flexibility index (Phi) is 4.56. The van der Waals surface area contributed by atoms with Crippen molar-refractivity contribution in [1.29, 1.82) is 0 Å². The summed E-state index contributed by atoms with van der Waals surface area (Å²) in [6.45, 7) is 1.65. The highest BCUT2D eigenvalue weighted by atomic mass is 32.2. The molecule has 2 aromatic rings. The van der Waals surface area contributed by atoms with Crippen LogP contribution < -0.4 is 0 Å². The first kappa shape index (κ1) is 14.0. The quantitative estimate of drug-likeness (QED) is 0.851. The summed E-state index contributed by atoms with van der Waals surface area (Å²) in [5.41, 5.74) is 1.13. The molecule has 2 rings (SSSR count). The van der Waals surface area contributed by atoms with Crippen molar-refractivity contribution in [3.05, 3.63) is 65.2 Å². The number of hydrogen-bond donors (Lipinski definition) is 1. The van der Waals surface area contributed by atoms with E-state index in [2.05, 4.69) is 0 Å². The summed E-state index contributed by atoms with van der Waals surface area (Å²) >= 11 is 1.24. The van der Waals surface area contributed by atoms with Gasteiger partial charge in [-0.3, -0.25) is 0 Å². The summed E-state index contributed by atoms with van der Waals surface area (Å²) in [6, 6.07) is 10.9. The van der Waals surface area contributed by atoms with Gasteiger partial charge in [-0.05, 0) is 36.2 Å². The van der Waals surface area contributed by atoms with Gasteiger partial charge in [0.2, 0.25) is 0 Å². The van der Waals surface area contributed by atoms with Crippen molar-refractivity contribution in [1.82, 2.24) is 0 Å². The summed E-state index contributed by atoms with van der Waals surface area (Å²) in [7, 11) is 0. The number of rotatable bonds is 4. The van der Waals surface area contributed by atoms with Crippen LogP contribution in [0.3, 0.4) is 0 Å². The molecule has 0 aliphatic carbocycles. The van der Waals surface area contributed by atoms with Crippen molar-refractivity contribution in [2.24, 2.45) is 0 Å². The molecule has 0 amide bonds. The lowest BCUT2D eigenvalue weighted by Crippen LogP contribution is -2.02. The Balaban J connectivity index is 2.03. The molecule has 4 heteroatoms. The molecular formula is C15H14F2OS. The maximum atomic E-state index is 13.4. The molecule has 1 atom stereocenters. The molecule has 0 aliphatic rings. The Morgan fingerprint density at radius 1 is 1.11 bits per heavy atom. The van der Waals surface area contributed by atoms with Crippen molar-refractivity contribution >= 4 is 11.8 Å². The third-order valence-corrected chi connectivity index (χ3v) is 3.92. The lowest BCUT2D eigenvalue weighted by Gasteiger charge is -2.12. The second-order valence-electron chi connectivity index (χ2n) is 4.27. The first-order chi connectivity index (χ1) is 9.08. The fraction of sp³-hybridized carbons (Fsp3) is 0.200. The lowest BCUT2D eigenvalue weighted by atomic mass is 10.1. The molecule has 1 N–H and O–H groups in total. The van der Waals surface area contributed by atoms with Crippen LogP contribution in [-0.2, 0) is 0 Å². The van der Waals surface area contributed by atoms with Gasteiger partial charge in [0, 0.05) is 10.6 Å². The van der Waals surface area contributed by atoms with Crippen molar-refractivity contribution in [2.75, 3.05) is 5.75 Å². The van der Waals surface area contributed by atoms with Crippen LogP contribution in [0.1, 0.15) is 17.2 Å². The van der Waals surface area contributed by atoms with E-state index >= 15 is 0 Å². The molecule has 0 saturated carbocycles. The van der Waals surface area contributed by atoms with Crippen LogP contribution in [0.15, 0.2) is 47.4 Å². The lowest BCUT2D eigenvalue weighted by molar-refractivity contribution is 0.204. The first-order valence-electron chi connectivity index (χ1n) is 5.89. The molecule has 0 saturated heterocycles. The Bertz CT molecular complexity index is 572. The standard InChI is InChI=1S/C15H14F2OS/c1-10-8-11(6-7-12(10)16)14(18)9-19-15-5-3-2-4-13(15)17/h2-8,14,18H,9H2,1H3. The Hall–Kier alpha value is -1.39. The van der Waals surface area contributed by atoms with Crippen LogP contribution in [0, 0.1) is 18.6 Å². The van der Waals surface area contributed by atoms with Crippen LogP contribution in [0.4, 0.5) is 8.78 Å². The maximum absolute atomic E-state index is 13.4. The highest BCUT2D eigenvalue weighted by Crippen LogP contribution is 2.27. The van der Waals surface area contributed by atoms with Gasteiger partial charge in [-0.25, -0.2) is 8.78 Å². The van der Waals surface area contributed by atoms with Crippen molar-refractivity contribution in [3.63, 3.8) is 0 Å². The monoisotopic (exact) mass is 280 g/mol. The highest BCUT2D eigenvalue weighted by Gasteiger charge is 2.11. The van der Waals surface area contributed by atoms with E-state index in [1.807, 2.05) is 0 Å². The second-order valence-corrected chi connectivity index (χ2v) is 5.33. The van der Waals surface area contributed by atoms with E-state index < -0.39 is 6.10 Å². The Morgan fingerprint density at radius 2 is 1.84 bits per heavy atom. The smallest absolute Gasteiger partial charge is 0.136 e. The molecule has 1 unspecified atom stereocenters. The molecule has 0 heterocycles. The van der Waals surface area contributed by atoms with E-state index in [0.717, 1.165) is 0 Å². The molecule has 0 radical (unpaired) electrons. The van der Waals surface area contributed by atoms with Crippen LogP contribution in [-0.4, -0.2) is 10.9 Å². The van der Waals surface area contributed by atoms with Gasteiger partial charge in [0.05, 0.1) is 6.10 Å². The predicted octanol–water partition coefficient (Wildman–Crippen LogP) is 4.10. The summed E-state index contributed by atoms with van der Waals surface area (Å²) in [5.74, 6) is -0.265. The van der Waals surface area contributed by atoms with E-state index in [9.17, 15) is 13.9 Å². The number of aliphatic hydroxyl groups excluding tert-OH is 1. The number of benzene rings is 2. The molecule has 0 bridgehead atoms. The van der Waals surface area contributed by atoms with E-state index in [0.29, 0.717) is 21.8 Å². The van der Waals surface area contributed by atoms with E-state index in [1.54, 1.807) is 37.3 Å². The molecule has 0 spiro atoms. The maximum Gasteiger partial charge on any atom is 0.136 e. The van der Waals surface area contributed by atoms with Crippen LogP contribution in [0.5, 0.6) is 0 Å². The zero-order valence-electron chi connectivity index (χ0n) is 10.4. The van der Waals surface area contributed by atoms with Gasteiger partial charge in [0.15, 0.2) is 0 Å². The van der Waals surface area contributed by atoms with Gasteiger partial charge >= 0.3 is 0 Å². The normalized spacial score (nSPS) is 12.4. The van der Waals surface area contributed by atoms with Gasteiger partial charge in [-0.15, -0.1) is 11.8 Å². The third-order valence-electron chi connectivity index (χ3n) is 2.80. The summed E-state index contributed by atoms with van der Waals surface area (Å²) in [6.07, 6.45) is -0.746. The third kappa shape index (κ3) is 3.55.